The van der Waals surface area contributed by atoms with Gasteiger partial charge in [0.05, 0.1) is 36.6 Å². The number of ether oxygens (including phenoxy) is 2. The predicted molar refractivity (Wildman–Crippen MR) is 194 cm³/mol. The van der Waals surface area contributed by atoms with Crippen LogP contribution in [0.15, 0.2) is 98.1 Å². The molecule has 3 heterocycles. The lowest BCUT2D eigenvalue weighted by Crippen LogP contribution is -2.59. The van der Waals surface area contributed by atoms with E-state index in [-0.39, 0.29) is 31.4 Å². The number of likely N-dealkylation sites (tertiary alicyclic amines) is 1. The van der Waals surface area contributed by atoms with E-state index in [1.54, 1.807) is 24.0 Å². The van der Waals surface area contributed by atoms with Crippen LogP contribution in [-0.4, -0.2) is 76.7 Å². The molecule has 1 spiro atoms. The van der Waals surface area contributed by atoms with Gasteiger partial charge < -0.3 is 29.7 Å². The van der Waals surface area contributed by atoms with Crippen molar-refractivity contribution in [1.82, 2.24) is 10.2 Å². The molecule has 2 N–H and O–H groups in total. The van der Waals surface area contributed by atoms with Crippen molar-refractivity contribution in [3.8, 4) is 0 Å². The van der Waals surface area contributed by atoms with Gasteiger partial charge in [-0.1, -0.05) is 79.7 Å². The van der Waals surface area contributed by atoms with Crippen molar-refractivity contribution >= 4 is 40.2 Å². The van der Waals surface area contributed by atoms with E-state index in [2.05, 4.69) is 18.5 Å². The third kappa shape index (κ3) is 6.58. The molecule has 0 aliphatic carbocycles. The maximum absolute atomic E-state index is 15.0. The molecule has 0 radical (unpaired) electrons. The maximum Gasteiger partial charge on any atom is 0.313 e. The summed E-state index contributed by atoms with van der Waals surface area (Å²) >= 11 is 0. The topological polar surface area (TPSA) is 125 Å². The third-order valence-corrected chi connectivity index (χ3v) is 10.7. The maximum atomic E-state index is 15.0. The molecule has 2 bridgehead atoms. The van der Waals surface area contributed by atoms with Crippen molar-refractivity contribution in [3.05, 3.63) is 104 Å². The summed E-state index contributed by atoms with van der Waals surface area (Å²) in [6.45, 7) is 11.0. The minimum Gasteiger partial charge on any atom is -0.455 e. The number of aliphatic hydroxyl groups is 1. The standard InChI is InChI=1S/C41H47N3O7/c1-5-8-18-33(46)42-26(4)36(28-15-10-9-11-16-28)50-40(49)34-32-21-22-41(51-32)35(34)38(47)44(30(7-3)25-45)37(41)39(48)43(23-6-2)31-20-19-27-14-12-13-17-29(27)24-31/h5-6,9-17,19-20,24,26,30,32,34-37,45H,1-2,7-8,18,21-23,25H2,3-4H3,(H,42,46)/t26-,30-,32+,34-,35-,36-,37+,41-/m0/s1. The Morgan fingerprint density at radius 2 is 1.80 bits per heavy atom. The summed E-state index contributed by atoms with van der Waals surface area (Å²) in [6.07, 6.45) is 3.83. The molecule has 3 aromatic carbocycles. The summed E-state index contributed by atoms with van der Waals surface area (Å²) in [4.78, 5) is 59.8. The van der Waals surface area contributed by atoms with Crippen molar-refractivity contribution in [1.29, 1.82) is 0 Å². The van der Waals surface area contributed by atoms with E-state index in [0.717, 1.165) is 10.8 Å². The highest BCUT2D eigenvalue weighted by Crippen LogP contribution is 2.59. The third-order valence-electron chi connectivity index (χ3n) is 10.7. The fraction of sp³-hybridized carbons (Fsp3) is 0.415. The zero-order valence-electron chi connectivity index (χ0n) is 29.3. The number of allylic oxidation sites excluding steroid dienone is 1. The molecule has 8 atom stereocenters. The minimum atomic E-state index is -1.30. The van der Waals surface area contributed by atoms with Crippen LogP contribution in [0.1, 0.15) is 57.6 Å². The molecule has 0 saturated carbocycles. The fourth-order valence-corrected chi connectivity index (χ4v) is 8.33. The van der Waals surface area contributed by atoms with Crippen molar-refractivity contribution in [2.45, 2.75) is 81.9 Å². The number of nitrogens with one attached hydrogen (secondary N) is 1. The molecule has 268 valence electrons. The second kappa shape index (κ2) is 15.2. The molecule has 3 saturated heterocycles. The van der Waals surface area contributed by atoms with E-state index >= 15 is 0 Å². The van der Waals surface area contributed by atoms with Crippen LogP contribution in [0.3, 0.4) is 0 Å². The van der Waals surface area contributed by atoms with Crippen LogP contribution < -0.4 is 10.2 Å². The SMILES string of the molecule is C=CCCC(=O)N[C@@H](C)[C@H](OC(=O)[C@@H]1[C@H]2C(=O)N([C@@H](CC)CO)[C@H](C(=O)N(CC=C)c3ccc4ccccc4c3)[C@]23CC[C@H]1O3)c1ccccc1. The lowest BCUT2D eigenvalue weighted by molar-refractivity contribution is -0.162. The number of carbonyl (C=O) groups excluding carboxylic acids is 4. The average molecular weight is 694 g/mol. The lowest BCUT2D eigenvalue weighted by atomic mass is 9.70. The van der Waals surface area contributed by atoms with Gasteiger partial charge in [0.2, 0.25) is 11.8 Å². The molecule has 10 heteroatoms. The van der Waals surface area contributed by atoms with Crippen LogP contribution in [0.2, 0.25) is 0 Å². The van der Waals surface area contributed by atoms with Gasteiger partial charge in [0.25, 0.3) is 5.91 Å². The first-order valence-corrected chi connectivity index (χ1v) is 17.9. The first kappa shape index (κ1) is 36.0. The van der Waals surface area contributed by atoms with E-state index in [9.17, 15) is 24.3 Å². The highest BCUT2D eigenvalue weighted by atomic mass is 16.6. The largest absolute Gasteiger partial charge is 0.455 e. The van der Waals surface area contributed by atoms with Gasteiger partial charge in [0.1, 0.15) is 17.7 Å². The monoisotopic (exact) mass is 693 g/mol. The second-order valence-corrected chi connectivity index (χ2v) is 13.8. The molecule has 0 aromatic heterocycles. The molecule has 51 heavy (non-hydrogen) atoms. The van der Waals surface area contributed by atoms with E-state index in [1.807, 2.05) is 79.7 Å². The zero-order valence-corrected chi connectivity index (χ0v) is 29.3. The Kier molecular flexibility index (Phi) is 10.7. The lowest BCUT2D eigenvalue weighted by Gasteiger charge is -2.39. The van der Waals surface area contributed by atoms with Crippen LogP contribution in [0.4, 0.5) is 5.69 Å². The Balaban J connectivity index is 1.35. The molecule has 3 aromatic rings. The van der Waals surface area contributed by atoms with Crippen molar-refractivity contribution < 1.29 is 33.8 Å². The molecular formula is C41H47N3O7. The van der Waals surface area contributed by atoms with Crippen LogP contribution in [0.5, 0.6) is 0 Å². The number of nitrogens with zero attached hydrogens (tertiary/aromatic N) is 2. The Hall–Kier alpha value is -4.80. The number of aliphatic hydroxyl groups excluding tert-OH is 1. The van der Waals surface area contributed by atoms with Gasteiger partial charge in [0, 0.05) is 18.7 Å². The molecule has 10 nitrogen and oxygen atoms in total. The molecule has 3 aliphatic heterocycles. The Morgan fingerprint density at radius 1 is 1.08 bits per heavy atom. The summed E-state index contributed by atoms with van der Waals surface area (Å²) < 4.78 is 12.9. The highest BCUT2D eigenvalue weighted by molar-refractivity contribution is 6.05. The summed E-state index contributed by atoms with van der Waals surface area (Å²) in [5.41, 5.74) is 0.0327. The quantitative estimate of drug-likeness (QED) is 0.164. The smallest absolute Gasteiger partial charge is 0.313 e. The Bertz CT molecular complexity index is 1790. The van der Waals surface area contributed by atoms with E-state index in [4.69, 9.17) is 9.47 Å². The number of hydrogen-bond donors (Lipinski definition) is 2. The Labute approximate surface area is 299 Å². The summed E-state index contributed by atoms with van der Waals surface area (Å²) in [5.74, 6) is -3.56. The predicted octanol–water partition coefficient (Wildman–Crippen LogP) is 5.26. The van der Waals surface area contributed by atoms with Crippen molar-refractivity contribution in [2.75, 3.05) is 18.1 Å². The first-order chi connectivity index (χ1) is 24.7. The molecule has 6 rings (SSSR count). The van der Waals surface area contributed by atoms with Crippen molar-refractivity contribution in [2.24, 2.45) is 11.8 Å². The fourth-order valence-electron chi connectivity index (χ4n) is 8.33. The van der Waals surface area contributed by atoms with Gasteiger partial charge in [-0.2, -0.15) is 0 Å². The van der Waals surface area contributed by atoms with Crippen LogP contribution in [0, 0.1) is 11.8 Å². The van der Waals surface area contributed by atoms with E-state index in [0.29, 0.717) is 36.9 Å². The average Bonchev–Trinajstić information content (AvgIpc) is 3.80. The van der Waals surface area contributed by atoms with Gasteiger partial charge in [-0.05, 0) is 61.1 Å². The number of rotatable bonds is 15. The first-order valence-electron chi connectivity index (χ1n) is 17.9. The number of hydrogen-bond acceptors (Lipinski definition) is 7. The molecule has 3 fully saturated rings. The van der Waals surface area contributed by atoms with Gasteiger partial charge in [-0.3, -0.25) is 19.2 Å². The summed E-state index contributed by atoms with van der Waals surface area (Å²) in [5, 5.41) is 15.4. The van der Waals surface area contributed by atoms with Gasteiger partial charge in [-0.15, -0.1) is 13.2 Å². The molecular weight excluding hydrogens is 646 g/mol. The van der Waals surface area contributed by atoms with E-state index < -0.39 is 59.6 Å². The summed E-state index contributed by atoms with van der Waals surface area (Å²) in [7, 11) is 0. The Morgan fingerprint density at radius 3 is 2.49 bits per heavy atom. The van der Waals surface area contributed by atoms with Gasteiger partial charge >= 0.3 is 5.97 Å². The normalized spacial score (nSPS) is 25.2. The molecule has 3 aliphatic rings. The number of anilines is 1. The van der Waals surface area contributed by atoms with Gasteiger partial charge in [-0.25, -0.2) is 0 Å². The van der Waals surface area contributed by atoms with Crippen LogP contribution in [-0.2, 0) is 28.7 Å². The minimum absolute atomic E-state index is 0.177. The number of carbonyl (C=O) groups is 4. The van der Waals surface area contributed by atoms with Crippen LogP contribution in [0.25, 0.3) is 10.8 Å². The highest BCUT2D eigenvalue weighted by Gasteiger charge is 2.75. The van der Waals surface area contributed by atoms with Crippen molar-refractivity contribution in [3.63, 3.8) is 0 Å². The molecule has 3 amide bonds. The summed E-state index contributed by atoms with van der Waals surface area (Å²) in [6, 6.07) is 20.4. The second-order valence-electron chi connectivity index (χ2n) is 13.8. The number of benzene rings is 3. The number of amides is 3. The molecule has 0 unspecified atom stereocenters. The van der Waals surface area contributed by atoms with E-state index in [1.165, 1.54) is 4.90 Å². The zero-order chi connectivity index (χ0) is 36.3. The number of esters is 1. The van der Waals surface area contributed by atoms with Crippen LogP contribution >= 0.6 is 0 Å². The number of fused-ring (bicyclic) bond motifs is 2. The van der Waals surface area contributed by atoms with Gasteiger partial charge in [0.15, 0.2) is 0 Å².